The molecular weight excluding hydrogens is 224 g/mol. The van der Waals surface area contributed by atoms with Crippen LogP contribution in [0.1, 0.15) is 39.9 Å². The number of hydrogen-bond donors (Lipinski definition) is 1. The van der Waals surface area contributed by atoms with E-state index in [1.54, 1.807) is 0 Å². The van der Waals surface area contributed by atoms with Crippen LogP contribution in [-0.4, -0.2) is 5.11 Å². The lowest BCUT2D eigenvalue weighted by Crippen LogP contribution is -2.04. The second-order valence-electron chi connectivity index (χ2n) is 4.96. The maximum Gasteiger partial charge on any atom is 0.107 e. The Morgan fingerprint density at radius 2 is 1.83 bits per heavy atom. The molecule has 0 saturated heterocycles. The smallest absolute Gasteiger partial charge is 0.107 e. The Labute approximate surface area is 108 Å². The SMILES string of the molecule is Cc1cccc(CC(O)c2c(C)oc(C)c2C)c1. The number of aliphatic hydroxyl groups is 1. The second-order valence-corrected chi connectivity index (χ2v) is 4.96. The van der Waals surface area contributed by atoms with Crippen molar-refractivity contribution in [2.24, 2.45) is 0 Å². The first-order chi connectivity index (χ1) is 8.49. The van der Waals surface area contributed by atoms with Crippen molar-refractivity contribution in [2.45, 2.75) is 40.2 Å². The standard InChI is InChI=1S/C16H20O2/c1-10-6-5-7-14(8-10)9-15(17)16-11(2)12(3)18-13(16)4/h5-8,15,17H,9H2,1-4H3. The lowest BCUT2D eigenvalue weighted by atomic mass is 9.97. The highest BCUT2D eigenvalue weighted by atomic mass is 16.3. The average Bonchev–Trinajstić information content (AvgIpc) is 2.53. The van der Waals surface area contributed by atoms with Gasteiger partial charge < -0.3 is 9.52 Å². The third-order valence-corrected chi connectivity index (χ3v) is 3.46. The highest BCUT2D eigenvalue weighted by Gasteiger charge is 2.19. The van der Waals surface area contributed by atoms with Crippen molar-refractivity contribution >= 4 is 0 Å². The van der Waals surface area contributed by atoms with E-state index in [2.05, 4.69) is 19.1 Å². The van der Waals surface area contributed by atoms with E-state index in [1.807, 2.05) is 32.9 Å². The molecule has 1 heterocycles. The highest BCUT2D eigenvalue weighted by molar-refractivity contribution is 5.35. The number of rotatable bonds is 3. The molecule has 1 aromatic carbocycles. The summed E-state index contributed by atoms with van der Waals surface area (Å²) in [6.45, 7) is 7.91. The summed E-state index contributed by atoms with van der Waals surface area (Å²) in [5.41, 5.74) is 4.37. The normalized spacial score (nSPS) is 12.7. The van der Waals surface area contributed by atoms with Crippen LogP contribution >= 0.6 is 0 Å². The first-order valence-corrected chi connectivity index (χ1v) is 6.29. The fourth-order valence-electron chi connectivity index (χ4n) is 2.46. The molecule has 1 atom stereocenters. The van der Waals surface area contributed by atoms with Gasteiger partial charge in [-0.15, -0.1) is 0 Å². The molecule has 1 N–H and O–H groups in total. The molecule has 2 heteroatoms. The van der Waals surface area contributed by atoms with Crippen LogP contribution in [0.4, 0.5) is 0 Å². The molecule has 0 spiro atoms. The Bertz CT molecular complexity index is 552. The molecular formula is C16H20O2. The van der Waals surface area contributed by atoms with Gasteiger partial charge in [-0.25, -0.2) is 0 Å². The number of furan rings is 1. The van der Waals surface area contributed by atoms with Crippen molar-refractivity contribution in [2.75, 3.05) is 0 Å². The fraction of sp³-hybridized carbons (Fsp3) is 0.375. The number of aliphatic hydroxyl groups excluding tert-OH is 1. The van der Waals surface area contributed by atoms with E-state index in [0.717, 1.165) is 28.2 Å². The minimum absolute atomic E-state index is 0.496. The zero-order valence-corrected chi connectivity index (χ0v) is 11.4. The van der Waals surface area contributed by atoms with Crippen LogP contribution in [0.15, 0.2) is 28.7 Å². The Morgan fingerprint density at radius 1 is 1.11 bits per heavy atom. The van der Waals surface area contributed by atoms with Gasteiger partial charge in [0.1, 0.15) is 11.5 Å². The summed E-state index contributed by atoms with van der Waals surface area (Å²) in [5.74, 6) is 1.72. The van der Waals surface area contributed by atoms with Gasteiger partial charge in [-0.3, -0.25) is 0 Å². The van der Waals surface area contributed by atoms with E-state index in [1.165, 1.54) is 5.56 Å². The van der Waals surface area contributed by atoms with Crippen LogP contribution in [0.2, 0.25) is 0 Å². The summed E-state index contributed by atoms with van der Waals surface area (Å²) in [7, 11) is 0. The van der Waals surface area contributed by atoms with Crippen molar-refractivity contribution in [3.05, 3.63) is 58.0 Å². The van der Waals surface area contributed by atoms with E-state index < -0.39 is 6.10 Å². The molecule has 1 aromatic heterocycles. The van der Waals surface area contributed by atoms with Gasteiger partial charge in [0.15, 0.2) is 0 Å². The van der Waals surface area contributed by atoms with Gasteiger partial charge in [0.05, 0.1) is 6.10 Å². The molecule has 0 radical (unpaired) electrons. The van der Waals surface area contributed by atoms with E-state index in [9.17, 15) is 5.11 Å². The summed E-state index contributed by atoms with van der Waals surface area (Å²) in [5, 5.41) is 10.4. The summed E-state index contributed by atoms with van der Waals surface area (Å²) in [4.78, 5) is 0. The largest absolute Gasteiger partial charge is 0.466 e. The van der Waals surface area contributed by atoms with E-state index in [4.69, 9.17) is 4.42 Å². The van der Waals surface area contributed by atoms with Crippen molar-refractivity contribution in [3.8, 4) is 0 Å². The molecule has 0 aliphatic rings. The molecule has 2 nitrogen and oxygen atoms in total. The molecule has 1 unspecified atom stereocenters. The fourth-order valence-corrected chi connectivity index (χ4v) is 2.46. The van der Waals surface area contributed by atoms with Crippen LogP contribution in [0.25, 0.3) is 0 Å². The lowest BCUT2D eigenvalue weighted by Gasteiger charge is -2.11. The molecule has 0 aliphatic carbocycles. The van der Waals surface area contributed by atoms with Gasteiger partial charge in [-0.1, -0.05) is 29.8 Å². The van der Waals surface area contributed by atoms with E-state index >= 15 is 0 Å². The van der Waals surface area contributed by atoms with Crippen LogP contribution in [-0.2, 0) is 6.42 Å². The van der Waals surface area contributed by atoms with Crippen LogP contribution in [0.3, 0.4) is 0 Å². The molecule has 0 bridgehead atoms. The second kappa shape index (κ2) is 4.99. The maximum atomic E-state index is 10.4. The number of benzene rings is 1. The van der Waals surface area contributed by atoms with Crippen LogP contribution in [0, 0.1) is 27.7 Å². The van der Waals surface area contributed by atoms with Crippen LogP contribution < -0.4 is 0 Å². The quantitative estimate of drug-likeness (QED) is 0.891. The van der Waals surface area contributed by atoms with E-state index in [0.29, 0.717) is 6.42 Å². The topological polar surface area (TPSA) is 33.4 Å². The van der Waals surface area contributed by atoms with Gasteiger partial charge >= 0.3 is 0 Å². The minimum Gasteiger partial charge on any atom is -0.466 e. The van der Waals surface area contributed by atoms with Gasteiger partial charge in [0.25, 0.3) is 0 Å². The summed E-state index contributed by atoms with van der Waals surface area (Å²) in [6.07, 6.45) is 0.131. The summed E-state index contributed by atoms with van der Waals surface area (Å²) in [6, 6.07) is 8.25. The number of aryl methyl sites for hydroxylation is 3. The zero-order chi connectivity index (χ0) is 13.3. The summed E-state index contributed by atoms with van der Waals surface area (Å²) >= 11 is 0. The van der Waals surface area contributed by atoms with Crippen molar-refractivity contribution in [1.29, 1.82) is 0 Å². The van der Waals surface area contributed by atoms with Gasteiger partial charge in [-0.05, 0) is 38.8 Å². The molecule has 0 fully saturated rings. The third-order valence-electron chi connectivity index (χ3n) is 3.46. The van der Waals surface area contributed by atoms with Crippen molar-refractivity contribution in [3.63, 3.8) is 0 Å². The maximum absolute atomic E-state index is 10.4. The van der Waals surface area contributed by atoms with Crippen molar-refractivity contribution < 1.29 is 9.52 Å². The molecule has 0 amide bonds. The molecule has 0 saturated carbocycles. The van der Waals surface area contributed by atoms with Gasteiger partial charge in [-0.2, -0.15) is 0 Å². The highest BCUT2D eigenvalue weighted by Crippen LogP contribution is 2.29. The minimum atomic E-state index is -0.496. The van der Waals surface area contributed by atoms with Gasteiger partial charge in [0, 0.05) is 12.0 Å². The van der Waals surface area contributed by atoms with Crippen LogP contribution in [0.5, 0.6) is 0 Å². The average molecular weight is 244 g/mol. The molecule has 96 valence electrons. The molecule has 18 heavy (non-hydrogen) atoms. The first-order valence-electron chi connectivity index (χ1n) is 6.29. The molecule has 2 rings (SSSR count). The third kappa shape index (κ3) is 2.49. The lowest BCUT2D eigenvalue weighted by molar-refractivity contribution is 0.176. The molecule has 2 aromatic rings. The Kier molecular flexibility index (Phi) is 3.58. The van der Waals surface area contributed by atoms with Gasteiger partial charge in [0.2, 0.25) is 0 Å². The number of hydrogen-bond acceptors (Lipinski definition) is 2. The van der Waals surface area contributed by atoms with E-state index in [-0.39, 0.29) is 0 Å². The predicted molar refractivity (Wildman–Crippen MR) is 72.8 cm³/mol. The predicted octanol–water partition coefficient (Wildman–Crippen LogP) is 3.79. The van der Waals surface area contributed by atoms with Crippen molar-refractivity contribution in [1.82, 2.24) is 0 Å². The summed E-state index contributed by atoms with van der Waals surface area (Å²) < 4.78 is 5.57. The monoisotopic (exact) mass is 244 g/mol. The zero-order valence-electron chi connectivity index (χ0n) is 11.4. The Morgan fingerprint density at radius 3 is 2.39 bits per heavy atom. The Hall–Kier alpha value is -1.54. The first kappa shape index (κ1) is 12.9. The Balaban J connectivity index is 2.24. The molecule has 0 aliphatic heterocycles.